The zero-order valence-corrected chi connectivity index (χ0v) is 11.8. The Morgan fingerprint density at radius 3 is 2.74 bits per heavy atom. The van der Waals surface area contributed by atoms with E-state index in [1.807, 2.05) is 7.05 Å². The molecule has 19 heavy (non-hydrogen) atoms. The maximum Gasteiger partial charge on any atom is 0.330 e. The van der Waals surface area contributed by atoms with Crippen molar-refractivity contribution < 1.29 is 0 Å². The lowest BCUT2D eigenvalue weighted by Crippen LogP contribution is -2.39. The molecule has 0 aromatic carbocycles. The third kappa shape index (κ3) is 2.96. The molecule has 6 nitrogen and oxygen atoms in total. The molecule has 1 aromatic heterocycles. The predicted octanol–water partition coefficient (Wildman–Crippen LogP) is -0.875. The molecular formula is C13H22N4O2. The van der Waals surface area contributed by atoms with Gasteiger partial charge < -0.3 is 5.32 Å². The second kappa shape index (κ2) is 5.71. The largest absolute Gasteiger partial charge is 0.330 e. The lowest BCUT2D eigenvalue weighted by molar-refractivity contribution is 0.305. The highest BCUT2D eigenvalue weighted by Gasteiger charge is 2.22. The minimum absolute atomic E-state index is 0.232. The Bertz CT molecular complexity index is 561. The van der Waals surface area contributed by atoms with E-state index in [0.29, 0.717) is 12.5 Å². The molecule has 2 rings (SSSR count). The molecule has 1 N–H and O–H groups in total. The van der Waals surface area contributed by atoms with Crippen LogP contribution in [0.4, 0.5) is 0 Å². The molecule has 0 spiro atoms. The third-order valence-electron chi connectivity index (χ3n) is 3.87. The number of likely N-dealkylation sites (tertiary alicyclic amines) is 1. The van der Waals surface area contributed by atoms with Crippen molar-refractivity contribution in [3.05, 3.63) is 32.6 Å². The van der Waals surface area contributed by atoms with Crippen LogP contribution < -0.4 is 16.6 Å². The van der Waals surface area contributed by atoms with Gasteiger partial charge in [0.05, 0.1) is 0 Å². The molecule has 0 radical (unpaired) electrons. The summed E-state index contributed by atoms with van der Waals surface area (Å²) in [5.74, 6) is 0.661. The topological polar surface area (TPSA) is 59.3 Å². The van der Waals surface area contributed by atoms with Crippen molar-refractivity contribution in [2.75, 3.05) is 26.7 Å². The average molecular weight is 266 g/mol. The molecule has 1 aromatic rings. The molecule has 1 unspecified atom stereocenters. The summed E-state index contributed by atoms with van der Waals surface area (Å²) >= 11 is 0. The fourth-order valence-electron chi connectivity index (χ4n) is 2.67. The van der Waals surface area contributed by atoms with Crippen LogP contribution in [0.3, 0.4) is 0 Å². The van der Waals surface area contributed by atoms with Crippen molar-refractivity contribution >= 4 is 0 Å². The first-order chi connectivity index (χ1) is 9.02. The van der Waals surface area contributed by atoms with Crippen LogP contribution in [-0.2, 0) is 20.6 Å². The number of rotatable bonds is 4. The van der Waals surface area contributed by atoms with Gasteiger partial charge in [0.25, 0.3) is 5.56 Å². The Kier molecular flexibility index (Phi) is 4.21. The van der Waals surface area contributed by atoms with Gasteiger partial charge in [-0.15, -0.1) is 0 Å². The fraction of sp³-hybridized carbons (Fsp3) is 0.692. The third-order valence-corrected chi connectivity index (χ3v) is 3.87. The summed E-state index contributed by atoms with van der Waals surface area (Å²) in [7, 11) is 5.19. The molecule has 1 aliphatic rings. The van der Waals surface area contributed by atoms with E-state index >= 15 is 0 Å². The molecule has 106 valence electrons. The van der Waals surface area contributed by atoms with Gasteiger partial charge in [0.15, 0.2) is 0 Å². The Hall–Kier alpha value is -1.40. The zero-order valence-electron chi connectivity index (χ0n) is 11.8. The van der Waals surface area contributed by atoms with Crippen molar-refractivity contribution in [1.29, 1.82) is 0 Å². The van der Waals surface area contributed by atoms with Crippen molar-refractivity contribution in [3.63, 3.8) is 0 Å². The van der Waals surface area contributed by atoms with E-state index in [0.717, 1.165) is 29.9 Å². The maximum absolute atomic E-state index is 11.8. The monoisotopic (exact) mass is 266 g/mol. The highest BCUT2D eigenvalue weighted by atomic mass is 16.2. The number of hydrogen-bond donors (Lipinski definition) is 1. The molecule has 1 saturated heterocycles. The number of nitrogens with one attached hydrogen (secondary N) is 1. The van der Waals surface area contributed by atoms with E-state index in [-0.39, 0.29) is 11.2 Å². The molecular weight excluding hydrogens is 244 g/mol. The van der Waals surface area contributed by atoms with Gasteiger partial charge in [-0.3, -0.25) is 18.8 Å². The van der Waals surface area contributed by atoms with Gasteiger partial charge in [0, 0.05) is 38.9 Å². The first-order valence-corrected chi connectivity index (χ1v) is 6.65. The van der Waals surface area contributed by atoms with E-state index in [1.165, 1.54) is 13.5 Å². The smallest absolute Gasteiger partial charge is 0.319 e. The Labute approximate surface area is 112 Å². The molecule has 2 heterocycles. The molecule has 1 atom stereocenters. The van der Waals surface area contributed by atoms with Gasteiger partial charge >= 0.3 is 5.69 Å². The molecule has 1 aliphatic heterocycles. The second-order valence-electron chi connectivity index (χ2n) is 5.32. The van der Waals surface area contributed by atoms with Gasteiger partial charge in [-0.2, -0.15) is 0 Å². The van der Waals surface area contributed by atoms with Gasteiger partial charge in [-0.25, -0.2) is 4.79 Å². The van der Waals surface area contributed by atoms with E-state index < -0.39 is 0 Å². The van der Waals surface area contributed by atoms with Crippen molar-refractivity contribution in [1.82, 2.24) is 19.4 Å². The van der Waals surface area contributed by atoms with E-state index in [1.54, 1.807) is 17.7 Å². The minimum atomic E-state index is -0.256. The highest BCUT2D eigenvalue weighted by Crippen LogP contribution is 2.17. The molecule has 0 bridgehead atoms. The summed E-state index contributed by atoms with van der Waals surface area (Å²) < 4.78 is 2.70. The molecule has 6 heteroatoms. The van der Waals surface area contributed by atoms with Crippen LogP contribution in [-0.4, -0.2) is 40.7 Å². The molecule has 0 saturated carbocycles. The number of hydrogen-bond acceptors (Lipinski definition) is 4. The van der Waals surface area contributed by atoms with Crippen LogP contribution in [0.1, 0.15) is 12.1 Å². The van der Waals surface area contributed by atoms with Crippen LogP contribution >= 0.6 is 0 Å². The first-order valence-electron chi connectivity index (χ1n) is 6.65. The van der Waals surface area contributed by atoms with Crippen LogP contribution in [0, 0.1) is 5.92 Å². The standard InChI is InChI=1S/C13H22N4O2/c1-14-7-10-4-5-17(8-10)9-11-6-12(18)16(3)13(19)15(11)2/h6,10,14H,4-5,7-9H2,1-3H3. The van der Waals surface area contributed by atoms with Gasteiger partial charge in [0.2, 0.25) is 0 Å². The van der Waals surface area contributed by atoms with E-state index in [2.05, 4.69) is 10.2 Å². The first kappa shape index (κ1) is 14.0. The second-order valence-corrected chi connectivity index (χ2v) is 5.32. The van der Waals surface area contributed by atoms with E-state index in [9.17, 15) is 9.59 Å². The van der Waals surface area contributed by atoms with Crippen LogP contribution in [0.15, 0.2) is 15.7 Å². The normalized spacial score (nSPS) is 20.1. The molecule has 1 fully saturated rings. The van der Waals surface area contributed by atoms with Gasteiger partial charge in [0.1, 0.15) is 0 Å². The Balaban J connectivity index is 2.13. The van der Waals surface area contributed by atoms with E-state index in [4.69, 9.17) is 0 Å². The lowest BCUT2D eigenvalue weighted by Gasteiger charge is -2.18. The summed E-state index contributed by atoms with van der Waals surface area (Å²) in [6.07, 6.45) is 1.17. The van der Waals surface area contributed by atoms with Crippen LogP contribution in [0.5, 0.6) is 0 Å². The summed E-state index contributed by atoms with van der Waals surface area (Å²) in [5.41, 5.74) is 0.302. The summed E-state index contributed by atoms with van der Waals surface area (Å²) in [5, 5.41) is 3.20. The maximum atomic E-state index is 11.8. The molecule has 0 aliphatic carbocycles. The highest BCUT2D eigenvalue weighted by molar-refractivity contribution is 5.02. The predicted molar refractivity (Wildman–Crippen MR) is 74.2 cm³/mol. The number of aromatic nitrogens is 2. The minimum Gasteiger partial charge on any atom is -0.319 e. The van der Waals surface area contributed by atoms with Crippen molar-refractivity contribution in [2.24, 2.45) is 20.0 Å². The van der Waals surface area contributed by atoms with Gasteiger partial charge in [-0.1, -0.05) is 0 Å². The quantitative estimate of drug-likeness (QED) is 0.769. The SMILES string of the molecule is CNCC1CCN(Cc2cc(=O)n(C)c(=O)n2C)C1. The van der Waals surface area contributed by atoms with Crippen LogP contribution in [0.25, 0.3) is 0 Å². The van der Waals surface area contributed by atoms with Crippen molar-refractivity contribution in [3.8, 4) is 0 Å². The Morgan fingerprint density at radius 1 is 1.32 bits per heavy atom. The van der Waals surface area contributed by atoms with Gasteiger partial charge in [-0.05, 0) is 32.5 Å². The zero-order chi connectivity index (χ0) is 14.0. The number of nitrogens with zero attached hydrogens (tertiary/aromatic N) is 3. The molecule has 0 amide bonds. The fourth-order valence-corrected chi connectivity index (χ4v) is 2.67. The Morgan fingerprint density at radius 2 is 2.05 bits per heavy atom. The average Bonchev–Trinajstić information content (AvgIpc) is 2.81. The summed E-state index contributed by atoms with van der Waals surface area (Å²) in [6, 6.07) is 1.56. The summed E-state index contributed by atoms with van der Waals surface area (Å²) in [6.45, 7) is 3.73. The van der Waals surface area contributed by atoms with Crippen molar-refractivity contribution in [2.45, 2.75) is 13.0 Å². The van der Waals surface area contributed by atoms with Crippen LogP contribution in [0.2, 0.25) is 0 Å². The summed E-state index contributed by atoms with van der Waals surface area (Å²) in [4.78, 5) is 25.8. The lowest BCUT2D eigenvalue weighted by atomic mass is 10.1.